The van der Waals surface area contributed by atoms with Gasteiger partial charge in [0.15, 0.2) is 6.10 Å². The van der Waals surface area contributed by atoms with Gasteiger partial charge in [-0.2, -0.15) is 0 Å². The van der Waals surface area contributed by atoms with Crippen LogP contribution < -0.4 is 10.1 Å². The van der Waals surface area contributed by atoms with Gasteiger partial charge >= 0.3 is 6.09 Å². The van der Waals surface area contributed by atoms with Gasteiger partial charge in [-0.3, -0.25) is 4.79 Å². The molecule has 6 nitrogen and oxygen atoms in total. The number of carbonyl (C=O) groups is 2. The maximum absolute atomic E-state index is 12.2. The molecule has 1 saturated heterocycles. The lowest BCUT2D eigenvalue weighted by Crippen LogP contribution is -2.49. The number of amides is 2. The smallest absolute Gasteiger partial charge is 0.409 e. The largest absolute Gasteiger partial charge is 0.481 e. The highest BCUT2D eigenvalue weighted by Gasteiger charge is 2.26. The fraction of sp³-hybridized carbons (Fsp3) is 0.529. The van der Waals surface area contributed by atoms with E-state index >= 15 is 0 Å². The maximum atomic E-state index is 12.2. The summed E-state index contributed by atoms with van der Waals surface area (Å²) in [7, 11) is 0. The average molecular weight is 355 g/mol. The van der Waals surface area contributed by atoms with Crippen molar-refractivity contribution in [2.45, 2.75) is 38.8 Å². The molecule has 1 unspecified atom stereocenters. The summed E-state index contributed by atoms with van der Waals surface area (Å²) in [6.07, 6.45) is 0.495. The Morgan fingerprint density at radius 1 is 1.38 bits per heavy atom. The van der Waals surface area contributed by atoms with Gasteiger partial charge in [0.25, 0.3) is 5.91 Å². The van der Waals surface area contributed by atoms with E-state index < -0.39 is 6.10 Å². The number of hydrogen-bond acceptors (Lipinski definition) is 4. The monoisotopic (exact) mass is 354 g/mol. The van der Waals surface area contributed by atoms with E-state index in [-0.39, 0.29) is 18.0 Å². The number of carbonyl (C=O) groups excluding carboxylic acids is 2. The van der Waals surface area contributed by atoms with Gasteiger partial charge in [-0.25, -0.2) is 4.79 Å². The molecule has 1 atom stereocenters. The molecule has 1 N–H and O–H groups in total. The van der Waals surface area contributed by atoms with Crippen molar-refractivity contribution in [1.82, 2.24) is 10.2 Å². The number of benzene rings is 1. The molecule has 0 radical (unpaired) electrons. The van der Waals surface area contributed by atoms with Gasteiger partial charge in [0.05, 0.1) is 6.61 Å². The SMILES string of the molecule is CCOC(=O)N1CCC(NC(=O)C(C)Oc2cccc(Cl)c2)CC1. The van der Waals surface area contributed by atoms with Crippen LogP contribution in [0.5, 0.6) is 5.75 Å². The molecule has 0 bridgehead atoms. The summed E-state index contributed by atoms with van der Waals surface area (Å²) in [6, 6.07) is 6.98. The van der Waals surface area contributed by atoms with Crippen LogP contribution in [0.2, 0.25) is 5.02 Å². The standard InChI is InChI=1S/C17H23ClN2O4/c1-3-23-17(22)20-9-7-14(8-10-20)19-16(21)12(2)24-15-6-4-5-13(18)11-15/h4-6,11-12,14H,3,7-10H2,1-2H3,(H,19,21). The average Bonchev–Trinajstić information content (AvgIpc) is 2.55. The van der Waals surface area contributed by atoms with E-state index in [0.717, 1.165) is 0 Å². The van der Waals surface area contributed by atoms with Crippen molar-refractivity contribution >= 4 is 23.6 Å². The number of piperidine rings is 1. The Balaban J connectivity index is 1.77. The van der Waals surface area contributed by atoms with Gasteiger partial charge in [0.2, 0.25) is 0 Å². The second-order valence-corrected chi connectivity index (χ2v) is 6.12. The molecule has 1 heterocycles. The third kappa shape index (κ3) is 5.30. The number of nitrogens with zero attached hydrogens (tertiary/aromatic N) is 1. The molecule has 24 heavy (non-hydrogen) atoms. The van der Waals surface area contributed by atoms with Crippen molar-refractivity contribution in [3.8, 4) is 5.75 Å². The number of nitrogens with one attached hydrogen (secondary N) is 1. The fourth-order valence-corrected chi connectivity index (χ4v) is 2.72. The van der Waals surface area contributed by atoms with Crippen LogP contribution in [0.25, 0.3) is 0 Å². The lowest BCUT2D eigenvalue weighted by molar-refractivity contribution is -0.128. The third-order valence-electron chi connectivity index (χ3n) is 3.85. The molecule has 1 aromatic carbocycles. The molecule has 0 spiro atoms. The fourth-order valence-electron chi connectivity index (χ4n) is 2.54. The zero-order chi connectivity index (χ0) is 17.5. The Kier molecular flexibility index (Phi) is 6.73. The van der Waals surface area contributed by atoms with Gasteiger partial charge < -0.3 is 19.7 Å². The zero-order valence-corrected chi connectivity index (χ0v) is 14.7. The van der Waals surface area contributed by atoms with Gasteiger partial charge in [-0.15, -0.1) is 0 Å². The van der Waals surface area contributed by atoms with E-state index in [2.05, 4.69) is 5.32 Å². The molecule has 1 aliphatic rings. The van der Waals surface area contributed by atoms with Crippen LogP contribution in [0.15, 0.2) is 24.3 Å². The minimum Gasteiger partial charge on any atom is -0.481 e. The second-order valence-electron chi connectivity index (χ2n) is 5.69. The first-order valence-corrected chi connectivity index (χ1v) is 8.51. The first kappa shape index (κ1) is 18.4. The first-order valence-electron chi connectivity index (χ1n) is 8.14. The zero-order valence-electron chi connectivity index (χ0n) is 14.0. The van der Waals surface area contributed by atoms with Crippen molar-refractivity contribution in [3.63, 3.8) is 0 Å². The summed E-state index contributed by atoms with van der Waals surface area (Å²) < 4.78 is 10.6. The van der Waals surface area contributed by atoms with Crippen molar-refractivity contribution in [2.75, 3.05) is 19.7 Å². The van der Waals surface area contributed by atoms with E-state index in [1.54, 1.807) is 43.0 Å². The highest BCUT2D eigenvalue weighted by atomic mass is 35.5. The summed E-state index contributed by atoms with van der Waals surface area (Å²) in [5, 5.41) is 3.53. The van der Waals surface area contributed by atoms with Crippen molar-refractivity contribution in [1.29, 1.82) is 0 Å². The number of likely N-dealkylation sites (tertiary alicyclic amines) is 1. The molecule has 0 aromatic heterocycles. The van der Waals surface area contributed by atoms with Crippen LogP contribution in [0.1, 0.15) is 26.7 Å². The van der Waals surface area contributed by atoms with Crippen LogP contribution in [0.4, 0.5) is 4.79 Å². The summed E-state index contributed by atoms with van der Waals surface area (Å²) >= 11 is 5.90. The lowest BCUT2D eigenvalue weighted by atomic mass is 10.1. The molecule has 1 aromatic rings. The predicted molar refractivity (Wildman–Crippen MR) is 91.3 cm³/mol. The van der Waals surface area contributed by atoms with E-state index in [9.17, 15) is 9.59 Å². The van der Waals surface area contributed by atoms with Crippen molar-refractivity contribution in [3.05, 3.63) is 29.3 Å². The Morgan fingerprint density at radius 2 is 2.08 bits per heavy atom. The normalized spacial score (nSPS) is 16.4. The summed E-state index contributed by atoms with van der Waals surface area (Å²) in [5.74, 6) is 0.381. The molecule has 132 valence electrons. The van der Waals surface area contributed by atoms with Gasteiger partial charge in [0.1, 0.15) is 5.75 Å². The van der Waals surface area contributed by atoms with Crippen LogP contribution in [-0.4, -0.2) is 48.7 Å². The minimum atomic E-state index is -0.619. The molecule has 0 saturated carbocycles. The molecule has 1 aliphatic heterocycles. The number of halogens is 1. The van der Waals surface area contributed by atoms with Gasteiger partial charge in [0, 0.05) is 24.2 Å². The van der Waals surface area contributed by atoms with Crippen molar-refractivity contribution in [2.24, 2.45) is 0 Å². The first-order chi connectivity index (χ1) is 11.5. The number of rotatable bonds is 5. The number of ether oxygens (including phenoxy) is 2. The molecule has 1 fully saturated rings. The maximum Gasteiger partial charge on any atom is 0.409 e. The molecule has 0 aliphatic carbocycles. The highest BCUT2D eigenvalue weighted by molar-refractivity contribution is 6.30. The third-order valence-corrected chi connectivity index (χ3v) is 4.08. The molecule has 7 heteroatoms. The summed E-state index contributed by atoms with van der Waals surface area (Å²) in [5.41, 5.74) is 0. The molecular weight excluding hydrogens is 332 g/mol. The second kappa shape index (κ2) is 8.78. The van der Waals surface area contributed by atoms with Gasteiger partial charge in [-0.1, -0.05) is 17.7 Å². The molecule has 2 rings (SSSR count). The summed E-state index contributed by atoms with van der Waals surface area (Å²) in [6.45, 7) is 5.00. The van der Waals surface area contributed by atoms with E-state index in [1.165, 1.54) is 0 Å². The minimum absolute atomic E-state index is 0.0357. The van der Waals surface area contributed by atoms with E-state index in [4.69, 9.17) is 21.1 Å². The topological polar surface area (TPSA) is 67.9 Å². The van der Waals surface area contributed by atoms with Crippen molar-refractivity contribution < 1.29 is 19.1 Å². The summed E-state index contributed by atoms with van der Waals surface area (Å²) in [4.78, 5) is 25.6. The van der Waals surface area contributed by atoms with Crippen LogP contribution in [0, 0.1) is 0 Å². The lowest BCUT2D eigenvalue weighted by Gasteiger charge is -2.32. The molecular formula is C17H23ClN2O4. The van der Waals surface area contributed by atoms with Crippen LogP contribution in [0.3, 0.4) is 0 Å². The Morgan fingerprint density at radius 3 is 2.71 bits per heavy atom. The van der Waals surface area contributed by atoms with E-state index in [0.29, 0.717) is 43.3 Å². The quantitative estimate of drug-likeness (QED) is 0.882. The van der Waals surface area contributed by atoms with Gasteiger partial charge in [-0.05, 0) is 44.9 Å². The Labute approximate surface area is 147 Å². The molecule has 2 amide bonds. The highest BCUT2D eigenvalue weighted by Crippen LogP contribution is 2.18. The van der Waals surface area contributed by atoms with Crippen LogP contribution >= 0.6 is 11.6 Å². The number of hydrogen-bond donors (Lipinski definition) is 1. The Bertz CT molecular complexity index is 573. The van der Waals surface area contributed by atoms with Crippen LogP contribution in [-0.2, 0) is 9.53 Å². The Hall–Kier alpha value is -1.95. The van der Waals surface area contributed by atoms with E-state index in [1.807, 2.05) is 0 Å². The predicted octanol–water partition coefficient (Wildman–Crippen LogP) is 2.84.